The van der Waals surface area contributed by atoms with Crippen LogP contribution in [0.2, 0.25) is 10.0 Å². The molecule has 0 bridgehead atoms. The number of nitrogens with one attached hydrogen (secondary N) is 1. The molecular weight excluding hydrogens is 645 g/mol. The van der Waals surface area contributed by atoms with Crippen molar-refractivity contribution in [1.82, 2.24) is 10.2 Å². The molecule has 0 radical (unpaired) electrons. The summed E-state index contributed by atoms with van der Waals surface area (Å²) >= 11 is 12.6. The lowest BCUT2D eigenvalue weighted by Crippen LogP contribution is -2.53. The zero-order chi connectivity index (χ0) is 33.1. The van der Waals surface area contributed by atoms with Crippen LogP contribution in [0, 0.1) is 0 Å². The molecule has 8 nitrogen and oxygen atoms in total. The summed E-state index contributed by atoms with van der Waals surface area (Å²) in [6, 6.07) is 27.7. The van der Waals surface area contributed by atoms with Crippen molar-refractivity contribution in [2.45, 2.75) is 44.2 Å². The van der Waals surface area contributed by atoms with Gasteiger partial charge in [0.15, 0.2) is 0 Å². The Bertz CT molecular complexity index is 1700. The normalized spacial score (nSPS) is 11.8. The fourth-order valence-electron chi connectivity index (χ4n) is 4.87. The van der Waals surface area contributed by atoms with Gasteiger partial charge in [-0.25, -0.2) is 8.42 Å². The number of rotatable bonds is 15. The molecule has 0 saturated heterocycles. The maximum absolute atomic E-state index is 14.5. The number of benzene rings is 4. The van der Waals surface area contributed by atoms with E-state index in [4.69, 9.17) is 27.9 Å². The second-order valence-corrected chi connectivity index (χ2v) is 13.2. The number of carbonyl (C=O) groups is 2. The van der Waals surface area contributed by atoms with Gasteiger partial charge in [-0.05, 0) is 79.1 Å². The van der Waals surface area contributed by atoms with Crippen LogP contribution < -0.4 is 14.4 Å². The van der Waals surface area contributed by atoms with Crippen molar-refractivity contribution in [1.29, 1.82) is 0 Å². The standard InChI is InChI=1S/C35H37Cl2N3O5S/c1-3-22-38-35(42)33(23-26-10-6-5-7-11-26)39(24-27-12-8-9-13-32(27)37)34(41)25-40(29-16-18-30(19-17-29)45-4-2)46(43,44)31-20-14-28(36)15-21-31/h5-21,33H,3-4,22-25H2,1-2H3,(H,38,42). The highest BCUT2D eigenvalue weighted by Gasteiger charge is 2.35. The topological polar surface area (TPSA) is 96.0 Å². The molecular formula is C35H37Cl2N3O5S. The van der Waals surface area contributed by atoms with Gasteiger partial charge in [0.05, 0.1) is 17.2 Å². The van der Waals surface area contributed by atoms with Crippen molar-refractivity contribution in [3.63, 3.8) is 0 Å². The summed E-state index contributed by atoms with van der Waals surface area (Å²) in [6.45, 7) is 4.03. The summed E-state index contributed by atoms with van der Waals surface area (Å²) < 4.78 is 34.9. The van der Waals surface area contributed by atoms with Gasteiger partial charge in [-0.1, -0.05) is 78.7 Å². The average Bonchev–Trinajstić information content (AvgIpc) is 3.06. The fraction of sp³-hybridized carbons (Fsp3) is 0.257. The fourth-order valence-corrected chi connectivity index (χ4v) is 6.60. The molecule has 0 aliphatic heterocycles. The number of hydrogen-bond donors (Lipinski definition) is 1. The summed E-state index contributed by atoms with van der Waals surface area (Å²) in [4.78, 5) is 29.6. The molecule has 242 valence electrons. The molecule has 0 spiro atoms. The van der Waals surface area contributed by atoms with Crippen molar-refractivity contribution in [3.8, 4) is 5.75 Å². The highest BCUT2D eigenvalue weighted by Crippen LogP contribution is 2.28. The number of halogens is 2. The average molecular weight is 683 g/mol. The zero-order valence-corrected chi connectivity index (χ0v) is 28.1. The van der Waals surface area contributed by atoms with Gasteiger partial charge in [0.1, 0.15) is 18.3 Å². The maximum atomic E-state index is 14.5. The second-order valence-electron chi connectivity index (χ2n) is 10.5. The van der Waals surface area contributed by atoms with Crippen molar-refractivity contribution < 1.29 is 22.7 Å². The van der Waals surface area contributed by atoms with Gasteiger partial charge in [0.2, 0.25) is 11.8 Å². The van der Waals surface area contributed by atoms with E-state index in [0.717, 1.165) is 9.87 Å². The summed E-state index contributed by atoms with van der Waals surface area (Å²) in [5, 5.41) is 3.72. The van der Waals surface area contributed by atoms with Gasteiger partial charge >= 0.3 is 0 Å². The lowest BCUT2D eigenvalue weighted by molar-refractivity contribution is -0.140. The Morgan fingerprint density at radius 2 is 1.50 bits per heavy atom. The molecule has 11 heteroatoms. The minimum Gasteiger partial charge on any atom is -0.494 e. The molecule has 0 fully saturated rings. The highest BCUT2D eigenvalue weighted by atomic mass is 35.5. The third-order valence-electron chi connectivity index (χ3n) is 7.24. The molecule has 0 saturated carbocycles. The summed E-state index contributed by atoms with van der Waals surface area (Å²) in [7, 11) is -4.26. The Morgan fingerprint density at radius 1 is 0.848 bits per heavy atom. The molecule has 1 N–H and O–H groups in total. The monoisotopic (exact) mass is 681 g/mol. The number of nitrogens with zero attached hydrogens (tertiary/aromatic N) is 2. The molecule has 1 unspecified atom stereocenters. The summed E-state index contributed by atoms with van der Waals surface area (Å²) in [5.74, 6) is -0.379. The van der Waals surface area contributed by atoms with Crippen molar-refractivity contribution in [2.75, 3.05) is 24.0 Å². The van der Waals surface area contributed by atoms with E-state index >= 15 is 0 Å². The molecule has 4 aromatic carbocycles. The molecule has 2 amide bonds. The number of ether oxygens (including phenoxy) is 1. The van der Waals surface area contributed by atoms with E-state index in [-0.39, 0.29) is 29.5 Å². The number of amides is 2. The van der Waals surface area contributed by atoms with Crippen molar-refractivity contribution in [3.05, 3.63) is 124 Å². The Balaban J connectivity index is 1.80. The molecule has 1 atom stereocenters. The molecule has 0 aliphatic rings. The first-order chi connectivity index (χ1) is 22.1. The molecule has 0 heterocycles. The highest BCUT2D eigenvalue weighted by molar-refractivity contribution is 7.92. The zero-order valence-electron chi connectivity index (χ0n) is 25.7. The van der Waals surface area contributed by atoms with E-state index in [1.54, 1.807) is 48.5 Å². The quantitative estimate of drug-likeness (QED) is 0.150. The molecule has 0 aliphatic carbocycles. The Labute approximate surface area is 280 Å². The van der Waals surface area contributed by atoms with Crippen LogP contribution in [0.3, 0.4) is 0 Å². The van der Waals surface area contributed by atoms with Gasteiger partial charge in [-0.2, -0.15) is 0 Å². The van der Waals surface area contributed by atoms with Gasteiger partial charge in [-0.3, -0.25) is 13.9 Å². The first kappa shape index (κ1) is 34.8. The van der Waals surface area contributed by atoms with Crippen LogP contribution in [-0.2, 0) is 32.6 Å². The van der Waals surface area contributed by atoms with Crippen LogP contribution in [0.4, 0.5) is 5.69 Å². The van der Waals surface area contributed by atoms with Gasteiger partial charge in [-0.15, -0.1) is 0 Å². The molecule has 46 heavy (non-hydrogen) atoms. The van der Waals surface area contributed by atoms with E-state index in [1.807, 2.05) is 44.2 Å². The van der Waals surface area contributed by atoms with Crippen molar-refractivity contribution >= 4 is 50.7 Å². The van der Waals surface area contributed by atoms with Gasteiger partial charge < -0.3 is 15.0 Å². The lowest BCUT2D eigenvalue weighted by Gasteiger charge is -2.34. The Morgan fingerprint density at radius 3 is 2.13 bits per heavy atom. The van der Waals surface area contributed by atoms with Crippen LogP contribution in [0.5, 0.6) is 5.75 Å². The first-order valence-electron chi connectivity index (χ1n) is 15.0. The lowest BCUT2D eigenvalue weighted by atomic mass is 10.0. The van der Waals surface area contributed by atoms with E-state index in [1.165, 1.54) is 29.2 Å². The Kier molecular flexibility index (Phi) is 12.5. The third kappa shape index (κ3) is 9.02. The predicted molar refractivity (Wildman–Crippen MR) is 183 cm³/mol. The maximum Gasteiger partial charge on any atom is 0.264 e. The van der Waals surface area contributed by atoms with Crippen LogP contribution in [-0.4, -0.2) is 50.9 Å². The van der Waals surface area contributed by atoms with Gasteiger partial charge in [0, 0.05) is 29.6 Å². The third-order valence-corrected chi connectivity index (χ3v) is 9.64. The first-order valence-corrected chi connectivity index (χ1v) is 17.2. The number of carbonyl (C=O) groups excluding carboxylic acids is 2. The molecule has 0 aromatic heterocycles. The van der Waals surface area contributed by atoms with Crippen LogP contribution in [0.25, 0.3) is 0 Å². The second kappa shape index (κ2) is 16.5. The van der Waals surface area contributed by atoms with Crippen LogP contribution in [0.15, 0.2) is 108 Å². The SMILES string of the molecule is CCCNC(=O)C(Cc1ccccc1)N(Cc1ccccc1Cl)C(=O)CN(c1ccc(OCC)cc1)S(=O)(=O)c1ccc(Cl)cc1. The number of sulfonamides is 1. The van der Waals surface area contributed by atoms with Gasteiger partial charge in [0.25, 0.3) is 10.0 Å². The van der Waals surface area contributed by atoms with E-state index in [2.05, 4.69) is 5.32 Å². The largest absolute Gasteiger partial charge is 0.494 e. The minimum atomic E-state index is -4.26. The summed E-state index contributed by atoms with van der Waals surface area (Å²) in [6.07, 6.45) is 0.909. The predicted octanol–water partition coefficient (Wildman–Crippen LogP) is 6.75. The summed E-state index contributed by atoms with van der Waals surface area (Å²) in [5.41, 5.74) is 1.71. The number of anilines is 1. The molecule has 4 rings (SSSR count). The van der Waals surface area contributed by atoms with Crippen molar-refractivity contribution in [2.24, 2.45) is 0 Å². The van der Waals surface area contributed by atoms with Crippen LogP contribution >= 0.6 is 23.2 Å². The van der Waals surface area contributed by atoms with Crippen LogP contribution in [0.1, 0.15) is 31.4 Å². The smallest absolute Gasteiger partial charge is 0.264 e. The minimum absolute atomic E-state index is 0.0202. The van der Waals surface area contributed by atoms with E-state index in [0.29, 0.717) is 40.9 Å². The number of hydrogen-bond acceptors (Lipinski definition) is 5. The van der Waals surface area contributed by atoms with E-state index < -0.39 is 28.5 Å². The Hall–Kier alpha value is -4.05. The van der Waals surface area contributed by atoms with E-state index in [9.17, 15) is 18.0 Å². The molecule has 4 aromatic rings.